The van der Waals surface area contributed by atoms with E-state index in [9.17, 15) is 13.2 Å². The summed E-state index contributed by atoms with van der Waals surface area (Å²) >= 11 is 3.67. The minimum absolute atomic E-state index is 0.0529. The van der Waals surface area contributed by atoms with Crippen LogP contribution in [0.15, 0.2) is 40.6 Å². The van der Waals surface area contributed by atoms with Crippen molar-refractivity contribution < 1.29 is 13.2 Å². The molecule has 0 saturated carbocycles. The second-order valence-corrected chi connectivity index (χ2v) is 8.82. The van der Waals surface area contributed by atoms with E-state index in [2.05, 4.69) is 27.9 Å². The minimum atomic E-state index is -3.70. The lowest BCUT2D eigenvalue weighted by atomic mass is 10.1. The Bertz CT molecular complexity index is 754. The molecule has 0 aliphatic carbocycles. The second-order valence-electron chi connectivity index (χ2n) is 4.45. The van der Waals surface area contributed by atoms with Crippen LogP contribution in [0, 0.1) is 2.88 Å². The Balaban J connectivity index is 2.10. The number of hydrogen-bond donors (Lipinski definition) is 2. The molecule has 1 aromatic carbocycles. The molecule has 1 aromatic heterocycles. The lowest BCUT2D eigenvalue weighted by Gasteiger charge is -2.14. The Kier molecular flexibility index (Phi) is 5.02. The average molecular weight is 436 g/mol. The summed E-state index contributed by atoms with van der Waals surface area (Å²) < 4.78 is 23.4. The van der Waals surface area contributed by atoms with E-state index in [1.807, 2.05) is 13.0 Å². The summed E-state index contributed by atoms with van der Waals surface area (Å²) in [6, 6.07) is 7.73. The van der Waals surface area contributed by atoms with Gasteiger partial charge in [-0.05, 0) is 53.3 Å². The summed E-state index contributed by atoms with van der Waals surface area (Å²) in [5.74, 6) is -0.155. The van der Waals surface area contributed by atoms with Crippen LogP contribution in [0.1, 0.15) is 28.9 Å². The van der Waals surface area contributed by atoms with Crippen molar-refractivity contribution in [3.8, 4) is 0 Å². The first kappa shape index (κ1) is 16.4. The number of amides is 1. The number of nitrogens with two attached hydrogens (primary N) is 1. The molecular formula is C13H13IN2O3S2. The first-order valence-corrected chi connectivity index (χ1v) is 9.45. The van der Waals surface area contributed by atoms with E-state index in [1.165, 1.54) is 23.5 Å². The van der Waals surface area contributed by atoms with E-state index in [0.29, 0.717) is 5.56 Å². The van der Waals surface area contributed by atoms with Crippen LogP contribution in [0.3, 0.4) is 0 Å². The molecule has 0 radical (unpaired) electrons. The molecule has 21 heavy (non-hydrogen) atoms. The maximum Gasteiger partial charge on any atom is 0.252 e. The zero-order chi connectivity index (χ0) is 15.6. The summed E-state index contributed by atoms with van der Waals surface area (Å²) in [6.45, 7) is 1.83. The van der Waals surface area contributed by atoms with Gasteiger partial charge >= 0.3 is 0 Å². The minimum Gasteiger partial charge on any atom is -0.345 e. The fraction of sp³-hybridized carbons (Fsp3) is 0.154. The summed E-state index contributed by atoms with van der Waals surface area (Å²) in [4.78, 5) is 12.1. The number of carbonyl (C=O) groups is 1. The van der Waals surface area contributed by atoms with E-state index in [4.69, 9.17) is 5.14 Å². The highest BCUT2D eigenvalue weighted by Crippen LogP contribution is 2.19. The van der Waals surface area contributed by atoms with Crippen molar-refractivity contribution in [3.63, 3.8) is 0 Å². The molecule has 0 spiro atoms. The second kappa shape index (κ2) is 6.42. The molecule has 2 aromatic rings. The van der Waals surface area contributed by atoms with E-state index in [-0.39, 0.29) is 16.8 Å². The van der Waals surface area contributed by atoms with E-state index < -0.39 is 10.0 Å². The molecule has 2 rings (SSSR count). The molecule has 1 atom stereocenters. The molecule has 3 N–H and O–H groups in total. The number of rotatable bonds is 4. The van der Waals surface area contributed by atoms with Crippen molar-refractivity contribution in [3.05, 3.63) is 49.7 Å². The van der Waals surface area contributed by atoms with Gasteiger partial charge in [-0.25, -0.2) is 13.6 Å². The van der Waals surface area contributed by atoms with Crippen LogP contribution in [-0.4, -0.2) is 14.3 Å². The zero-order valence-corrected chi connectivity index (χ0v) is 14.8. The third-order valence-electron chi connectivity index (χ3n) is 2.89. The molecule has 1 unspecified atom stereocenters. The maximum absolute atomic E-state index is 12.0. The molecule has 0 fully saturated rings. The fourth-order valence-electron chi connectivity index (χ4n) is 1.74. The number of thiophene rings is 1. The quantitative estimate of drug-likeness (QED) is 0.722. The molecule has 8 heteroatoms. The van der Waals surface area contributed by atoms with Gasteiger partial charge < -0.3 is 5.32 Å². The number of halogens is 1. The highest BCUT2D eigenvalue weighted by molar-refractivity contribution is 14.1. The SMILES string of the molecule is CC(NC(=O)c1csc(I)c1)c1ccc(S(N)(=O)=O)cc1. The van der Waals surface area contributed by atoms with Gasteiger partial charge in [0.1, 0.15) is 0 Å². The monoisotopic (exact) mass is 436 g/mol. The first-order chi connectivity index (χ1) is 9.77. The van der Waals surface area contributed by atoms with Gasteiger partial charge in [-0.15, -0.1) is 11.3 Å². The van der Waals surface area contributed by atoms with Crippen LogP contribution < -0.4 is 10.5 Å². The molecule has 112 valence electrons. The van der Waals surface area contributed by atoms with Crippen molar-refractivity contribution >= 4 is 49.9 Å². The highest BCUT2D eigenvalue weighted by atomic mass is 127. The van der Waals surface area contributed by atoms with Crippen LogP contribution >= 0.6 is 33.9 Å². The van der Waals surface area contributed by atoms with Gasteiger partial charge in [-0.1, -0.05) is 12.1 Å². The number of benzene rings is 1. The molecule has 0 aliphatic rings. The molecule has 1 amide bonds. The normalized spacial score (nSPS) is 12.9. The van der Waals surface area contributed by atoms with Crippen molar-refractivity contribution in [2.24, 2.45) is 5.14 Å². The summed E-state index contributed by atoms with van der Waals surface area (Å²) in [5.41, 5.74) is 1.43. The molecular weight excluding hydrogens is 423 g/mol. The van der Waals surface area contributed by atoms with Gasteiger partial charge in [0, 0.05) is 5.38 Å². The third kappa shape index (κ3) is 4.25. The molecule has 1 heterocycles. The Hall–Kier alpha value is -0.970. The first-order valence-electron chi connectivity index (χ1n) is 5.95. The van der Waals surface area contributed by atoms with Crippen LogP contribution in [0.25, 0.3) is 0 Å². The highest BCUT2D eigenvalue weighted by Gasteiger charge is 2.14. The Labute approximate surface area is 140 Å². The van der Waals surface area contributed by atoms with Crippen LogP contribution in [-0.2, 0) is 10.0 Å². The van der Waals surface area contributed by atoms with Crippen molar-refractivity contribution in [1.82, 2.24) is 5.32 Å². The summed E-state index contributed by atoms with van der Waals surface area (Å²) in [7, 11) is -3.70. The Morgan fingerprint density at radius 1 is 1.33 bits per heavy atom. The number of carbonyl (C=O) groups excluding carboxylic acids is 1. The lowest BCUT2D eigenvalue weighted by Crippen LogP contribution is -2.26. The van der Waals surface area contributed by atoms with Gasteiger partial charge in [0.05, 0.1) is 19.4 Å². The fourth-order valence-corrected chi connectivity index (χ4v) is 3.58. The topological polar surface area (TPSA) is 89.3 Å². The van der Waals surface area contributed by atoms with E-state index in [0.717, 1.165) is 8.45 Å². The molecule has 0 aliphatic heterocycles. The van der Waals surface area contributed by atoms with Crippen molar-refractivity contribution in [2.75, 3.05) is 0 Å². The van der Waals surface area contributed by atoms with Gasteiger partial charge in [0.15, 0.2) is 0 Å². The maximum atomic E-state index is 12.0. The van der Waals surface area contributed by atoms with E-state index in [1.54, 1.807) is 17.5 Å². The summed E-state index contributed by atoms with van der Waals surface area (Å²) in [5, 5.41) is 9.71. The number of sulfonamides is 1. The largest absolute Gasteiger partial charge is 0.345 e. The number of primary sulfonamides is 1. The Morgan fingerprint density at radius 2 is 1.95 bits per heavy atom. The van der Waals surface area contributed by atoms with Crippen molar-refractivity contribution in [1.29, 1.82) is 0 Å². The number of nitrogens with one attached hydrogen (secondary N) is 1. The smallest absolute Gasteiger partial charge is 0.252 e. The molecule has 0 saturated heterocycles. The average Bonchev–Trinajstić information content (AvgIpc) is 2.84. The van der Waals surface area contributed by atoms with Gasteiger partial charge in [0.2, 0.25) is 10.0 Å². The zero-order valence-electron chi connectivity index (χ0n) is 11.0. The molecule has 5 nitrogen and oxygen atoms in total. The standard InChI is InChI=1S/C13H13IN2O3S2/c1-8(16-13(17)10-6-12(14)20-7-10)9-2-4-11(5-3-9)21(15,18)19/h2-8H,1H3,(H,16,17)(H2,15,18,19). The van der Waals surface area contributed by atoms with E-state index >= 15 is 0 Å². The van der Waals surface area contributed by atoms with Crippen LogP contribution in [0.5, 0.6) is 0 Å². The predicted octanol–water partition coefficient (Wildman–Crippen LogP) is 2.49. The predicted molar refractivity (Wildman–Crippen MR) is 90.7 cm³/mol. The number of hydrogen-bond acceptors (Lipinski definition) is 4. The Morgan fingerprint density at radius 3 is 2.43 bits per heavy atom. The van der Waals surface area contributed by atoms with Crippen LogP contribution in [0.2, 0.25) is 0 Å². The van der Waals surface area contributed by atoms with Crippen LogP contribution in [0.4, 0.5) is 0 Å². The third-order valence-corrected chi connectivity index (χ3v) is 5.60. The van der Waals surface area contributed by atoms with Gasteiger partial charge in [-0.3, -0.25) is 4.79 Å². The van der Waals surface area contributed by atoms with Gasteiger partial charge in [-0.2, -0.15) is 0 Å². The lowest BCUT2D eigenvalue weighted by molar-refractivity contribution is 0.0940. The van der Waals surface area contributed by atoms with Gasteiger partial charge in [0.25, 0.3) is 5.91 Å². The van der Waals surface area contributed by atoms with Crippen molar-refractivity contribution in [2.45, 2.75) is 17.9 Å². The molecule has 0 bridgehead atoms. The summed E-state index contributed by atoms with van der Waals surface area (Å²) in [6.07, 6.45) is 0.